The van der Waals surface area contributed by atoms with Crippen molar-refractivity contribution in [3.63, 3.8) is 0 Å². The van der Waals surface area contributed by atoms with Crippen molar-refractivity contribution in [3.8, 4) is 17.2 Å². The minimum Gasteiger partial charge on any atom is -0.508 e. The molecule has 11 N–H and O–H groups in total. The number of carbonyl (C=O) groups is 1. The highest BCUT2D eigenvalue weighted by Gasteiger charge is 2.54. The van der Waals surface area contributed by atoms with Crippen molar-refractivity contribution in [1.82, 2.24) is 10.6 Å². The van der Waals surface area contributed by atoms with Crippen LogP contribution in [0, 0.1) is 11.8 Å². The molecule has 4 bridgehead atoms. The number of hydrogen-bond acceptors (Lipinski definition) is 14. The Kier molecular flexibility index (Phi) is 10.4. The Hall–Kier alpha value is -5.54. The second kappa shape index (κ2) is 15.3. The lowest BCUT2D eigenvalue weighted by Crippen LogP contribution is -2.57. The molecule has 5 aliphatic rings. The zero-order chi connectivity index (χ0) is 41.0. The Bertz CT molecular complexity index is 2390. The lowest BCUT2D eigenvalue weighted by atomic mass is 9.65. The molecule has 2 aromatic carbocycles. The molecule has 1 unspecified atom stereocenters. The number of aliphatic hydroxyl groups is 3. The molecule has 3 aromatic rings. The first-order valence-electron chi connectivity index (χ1n) is 19.8. The van der Waals surface area contributed by atoms with Gasteiger partial charge in [0.1, 0.15) is 58.1 Å². The van der Waals surface area contributed by atoms with E-state index >= 15 is 0 Å². The summed E-state index contributed by atoms with van der Waals surface area (Å²) in [4.78, 5) is 27.8. The van der Waals surface area contributed by atoms with E-state index in [9.17, 15) is 35.1 Å². The fourth-order valence-corrected chi connectivity index (χ4v) is 9.82. The minimum absolute atomic E-state index is 0.0105. The van der Waals surface area contributed by atoms with Gasteiger partial charge in [-0.2, -0.15) is 0 Å². The van der Waals surface area contributed by atoms with Crippen LogP contribution in [-0.2, 0) is 29.0 Å². The fourth-order valence-electron chi connectivity index (χ4n) is 9.82. The van der Waals surface area contributed by atoms with Crippen LogP contribution in [0.1, 0.15) is 73.0 Å². The summed E-state index contributed by atoms with van der Waals surface area (Å²) < 4.78 is 20.1. The highest BCUT2D eigenvalue weighted by molar-refractivity contribution is 5.92. The Morgan fingerprint density at radius 2 is 1.98 bits per heavy atom. The van der Waals surface area contributed by atoms with Gasteiger partial charge < -0.3 is 61.5 Å². The number of allylic oxidation sites excluding steroid dienone is 5. The first-order chi connectivity index (χ1) is 27.9. The lowest BCUT2D eigenvalue weighted by molar-refractivity contribution is -0.166. The normalized spacial score (nSPS) is 27.7. The third-order valence-corrected chi connectivity index (χ3v) is 12.8. The molecule has 306 valence electrons. The number of nitrogens with one attached hydrogen (secondary N) is 2. The number of fused-ring (bicyclic) bond motifs is 5. The van der Waals surface area contributed by atoms with E-state index in [-0.39, 0.29) is 57.9 Å². The molecule has 1 aromatic heterocycles. The highest BCUT2D eigenvalue weighted by atomic mass is 16.6. The summed E-state index contributed by atoms with van der Waals surface area (Å²) in [7, 11) is 0. The number of hydrogen-bond donors (Lipinski definition) is 9. The van der Waals surface area contributed by atoms with Crippen LogP contribution in [0.25, 0.3) is 11.0 Å². The first-order valence-corrected chi connectivity index (χ1v) is 19.8. The molecule has 0 saturated heterocycles. The van der Waals surface area contributed by atoms with Gasteiger partial charge in [0.05, 0.1) is 25.0 Å². The van der Waals surface area contributed by atoms with Crippen molar-refractivity contribution >= 4 is 16.9 Å². The Labute approximate surface area is 334 Å². The third kappa shape index (κ3) is 6.53. The molecule has 7 atom stereocenters. The van der Waals surface area contributed by atoms with Gasteiger partial charge in [0.25, 0.3) is 0 Å². The van der Waals surface area contributed by atoms with Gasteiger partial charge in [-0.3, -0.25) is 4.79 Å². The van der Waals surface area contributed by atoms with Crippen LogP contribution in [0.15, 0.2) is 92.1 Å². The highest BCUT2D eigenvalue weighted by Crippen LogP contribution is 2.59. The lowest BCUT2D eigenvalue weighted by Gasteiger charge is -2.50. The monoisotopic (exact) mass is 794 g/mol. The average molecular weight is 795 g/mol. The van der Waals surface area contributed by atoms with Gasteiger partial charge in [0.15, 0.2) is 5.43 Å². The van der Waals surface area contributed by atoms with Crippen molar-refractivity contribution in [2.45, 2.75) is 82.3 Å². The van der Waals surface area contributed by atoms with Crippen molar-refractivity contribution in [3.05, 3.63) is 121 Å². The summed E-state index contributed by atoms with van der Waals surface area (Å²) in [5.41, 5.74) is 15.8. The molecule has 0 spiro atoms. The largest absolute Gasteiger partial charge is 0.508 e. The first kappa shape index (κ1) is 39.3. The minimum atomic E-state index is -1.34. The predicted molar refractivity (Wildman–Crippen MR) is 214 cm³/mol. The van der Waals surface area contributed by atoms with Crippen LogP contribution in [0.4, 0.5) is 0 Å². The van der Waals surface area contributed by atoms with Crippen molar-refractivity contribution in [2.75, 3.05) is 19.8 Å². The van der Waals surface area contributed by atoms with Gasteiger partial charge in [0.2, 0.25) is 0 Å². The smallest absolute Gasteiger partial charge is 0.336 e. The predicted octanol–water partition coefficient (Wildman–Crippen LogP) is 3.10. The van der Waals surface area contributed by atoms with E-state index in [0.29, 0.717) is 49.2 Å². The molecular formula is C44H50N4O10. The summed E-state index contributed by atoms with van der Waals surface area (Å²) in [6, 6.07) is 6.27. The fraction of sp³-hybridized carbons (Fsp3) is 0.409. The topological polar surface area (TPSA) is 243 Å². The molecule has 1 aliphatic carbocycles. The van der Waals surface area contributed by atoms with E-state index in [0.717, 1.165) is 28.3 Å². The molecule has 0 saturated carbocycles. The summed E-state index contributed by atoms with van der Waals surface area (Å²) in [5, 5.41) is 61.5. The standard InChI is InChI=1S/C44H50N4O10/c1-3-22(18-49)43(55)57-33-16-30-39(54)37-32(53)15-27(19-50)56-41(37)38-36-28-10-11-47-42(46)35(28)24(6-5-23-7-8-26(52)14-29(23)31(36)20-51)13-25(44(33,2)58-40(30)38)12-21-4-9-34(45)48-17-21/h3-4,7-10,14-15,17,24-25,31,33-34,36,47-52,54H,5-6,11-13,16,18-20,45-46H2,1-2H3/b22-3-/t24-,25+,31+,33+,34?,36+,44-/m0/s1. The number of phenols is 2. The molecule has 14 heteroatoms. The number of dihydropyridines is 2. The Balaban J connectivity index is 1.51. The molecule has 0 amide bonds. The van der Waals surface area contributed by atoms with Crippen molar-refractivity contribution in [1.29, 1.82) is 0 Å². The second-order valence-corrected chi connectivity index (χ2v) is 16.0. The van der Waals surface area contributed by atoms with E-state index in [1.807, 2.05) is 37.4 Å². The second-order valence-electron chi connectivity index (χ2n) is 16.0. The number of carbonyl (C=O) groups excluding carboxylic acids is 1. The number of aryl methyl sites for hydroxylation is 1. The molecule has 4 aliphatic heterocycles. The van der Waals surface area contributed by atoms with Crippen LogP contribution < -0.4 is 32.3 Å². The molecule has 0 fully saturated rings. The average Bonchev–Trinajstić information content (AvgIpc) is 3.25. The molecule has 14 nitrogen and oxygen atoms in total. The number of phenolic OH excluding ortho intramolecular Hbond substituents is 2. The van der Waals surface area contributed by atoms with Gasteiger partial charge >= 0.3 is 5.97 Å². The molecular weight excluding hydrogens is 745 g/mol. The van der Waals surface area contributed by atoms with Crippen LogP contribution in [0.2, 0.25) is 0 Å². The number of aliphatic hydroxyl groups excluding tert-OH is 3. The molecule has 8 rings (SSSR count). The third-order valence-electron chi connectivity index (χ3n) is 12.8. The summed E-state index contributed by atoms with van der Waals surface area (Å²) in [6.07, 6.45) is 9.70. The van der Waals surface area contributed by atoms with Crippen LogP contribution in [0.5, 0.6) is 17.2 Å². The number of ether oxygens (including phenoxy) is 2. The Morgan fingerprint density at radius 3 is 2.69 bits per heavy atom. The Morgan fingerprint density at radius 1 is 1.17 bits per heavy atom. The van der Waals surface area contributed by atoms with Crippen molar-refractivity contribution < 1.29 is 44.2 Å². The zero-order valence-corrected chi connectivity index (χ0v) is 32.5. The summed E-state index contributed by atoms with van der Waals surface area (Å²) >= 11 is 0. The number of esters is 1. The van der Waals surface area contributed by atoms with E-state index < -0.39 is 66.4 Å². The SMILES string of the molecule is C/C=C(/CO)C(=O)O[C@@H]1Cc2c3c(c4oc(CO)cc(=O)c4c2O)[C@@H]2C4=CCNC(N)=C4[C@@H](CCc4ccc(O)cc4[C@H]2CO)C[C@@H](CC2=CNC(N)C=C2)[C@]1(C)O3. The maximum Gasteiger partial charge on any atom is 0.336 e. The number of aromatic hydroxyl groups is 2. The van der Waals surface area contributed by atoms with Gasteiger partial charge in [-0.05, 0) is 91.5 Å². The van der Waals surface area contributed by atoms with Gasteiger partial charge in [0, 0.05) is 54.1 Å². The van der Waals surface area contributed by atoms with Crippen LogP contribution in [-0.4, -0.2) is 69.1 Å². The zero-order valence-electron chi connectivity index (χ0n) is 32.5. The van der Waals surface area contributed by atoms with E-state index in [1.165, 1.54) is 6.08 Å². The van der Waals surface area contributed by atoms with E-state index in [4.69, 9.17) is 25.4 Å². The quantitative estimate of drug-likeness (QED) is 0.123. The number of nitrogens with two attached hydrogens (primary N) is 2. The van der Waals surface area contributed by atoms with Crippen LogP contribution in [0.3, 0.4) is 0 Å². The van der Waals surface area contributed by atoms with E-state index in [1.54, 1.807) is 19.1 Å². The van der Waals surface area contributed by atoms with Gasteiger partial charge in [-0.25, -0.2) is 4.79 Å². The van der Waals surface area contributed by atoms with Gasteiger partial charge in [-0.15, -0.1) is 0 Å². The maximum absolute atomic E-state index is 14.1. The molecule has 0 radical (unpaired) electrons. The summed E-state index contributed by atoms with van der Waals surface area (Å²) in [5.74, 6) is -2.86. The molecule has 58 heavy (non-hydrogen) atoms. The van der Waals surface area contributed by atoms with Crippen molar-refractivity contribution in [2.24, 2.45) is 23.3 Å². The van der Waals surface area contributed by atoms with E-state index in [2.05, 4.69) is 10.6 Å². The molecule has 5 heterocycles. The maximum atomic E-state index is 14.1. The number of rotatable bonds is 7. The van der Waals surface area contributed by atoms with Gasteiger partial charge in [-0.1, -0.05) is 24.3 Å². The summed E-state index contributed by atoms with van der Waals surface area (Å²) in [6.45, 7) is 2.27. The number of benzene rings is 2. The van der Waals surface area contributed by atoms with Crippen LogP contribution >= 0.6 is 0 Å².